The maximum Gasteiger partial charge on any atom is 0.226 e. The molecule has 0 bridgehead atoms. The Kier molecular flexibility index (Phi) is 4.47. The van der Waals surface area contributed by atoms with Crippen molar-refractivity contribution in [3.8, 4) is 0 Å². The number of rotatable bonds is 4. The number of aromatic nitrogens is 3. The fourth-order valence-corrected chi connectivity index (χ4v) is 2.32. The summed E-state index contributed by atoms with van der Waals surface area (Å²) in [6.45, 7) is 3.69. The zero-order chi connectivity index (χ0) is 14.5. The van der Waals surface area contributed by atoms with Gasteiger partial charge < -0.3 is 15.0 Å². The Morgan fingerprint density at radius 3 is 2.90 bits per heavy atom. The number of ether oxygens (including phenoxy) is 1. The second-order valence-corrected chi connectivity index (χ2v) is 5.03. The van der Waals surface area contributed by atoms with Crippen LogP contribution in [0.5, 0.6) is 0 Å². The summed E-state index contributed by atoms with van der Waals surface area (Å²) in [4.78, 5) is 14.7. The third-order valence-corrected chi connectivity index (χ3v) is 3.39. The first-order valence-corrected chi connectivity index (χ1v) is 7.19. The summed E-state index contributed by atoms with van der Waals surface area (Å²) in [5.74, 6) is 1.53. The van der Waals surface area contributed by atoms with Crippen LogP contribution >= 0.6 is 11.6 Å². The molecule has 2 aromatic heterocycles. The van der Waals surface area contributed by atoms with E-state index >= 15 is 0 Å². The number of pyridine rings is 1. The molecule has 0 amide bonds. The average molecular weight is 306 g/mol. The van der Waals surface area contributed by atoms with Crippen molar-refractivity contribution in [1.29, 1.82) is 0 Å². The van der Waals surface area contributed by atoms with Gasteiger partial charge in [-0.2, -0.15) is 0 Å². The van der Waals surface area contributed by atoms with Crippen molar-refractivity contribution in [2.75, 3.05) is 36.5 Å². The third-order valence-electron chi connectivity index (χ3n) is 3.22. The first kappa shape index (κ1) is 14.0. The predicted octanol–water partition coefficient (Wildman–Crippen LogP) is 1.97. The number of nitrogens with zero attached hydrogens (tertiary/aromatic N) is 4. The van der Waals surface area contributed by atoms with Gasteiger partial charge in [0.1, 0.15) is 11.6 Å². The van der Waals surface area contributed by atoms with Crippen molar-refractivity contribution >= 4 is 23.2 Å². The van der Waals surface area contributed by atoms with Gasteiger partial charge in [-0.25, -0.2) is 9.97 Å². The van der Waals surface area contributed by atoms with Crippen LogP contribution in [-0.4, -0.2) is 41.3 Å². The lowest BCUT2D eigenvalue weighted by Gasteiger charge is -2.28. The minimum absolute atomic E-state index is 0.243. The van der Waals surface area contributed by atoms with E-state index in [1.807, 2.05) is 24.4 Å². The Morgan fingerprint density at radius 1 is 1.29 bits per heavy atom. The molecule has 6 nitrogen and oxygen atoms in total. The van der Waals surface area contributed by atoms with Gasteiger partial charge in [0.2, 0.25) is 5.28 Å². The molecular formula is C14H16ClN5O. The van der Waals surface area contributed by atoms with Crippen molar-refractivity contribution in [3.05, 3.63) is 41.4 Å². The maximum absolute atomic E-state index is 6.02. The van der Waals surface area contributed by atoms with Crippen LogP contribution in [-0.2, 0) is 11.3 Å². The summed E-state index contributed by atoms with van der Waals surface area (Å²) in [5.41, 5.74) is 1.08. The molecule has 2 aromatic rings. The van der Waals surface area contributed by atoms with E-state index in [4.69, 9.17) is 16.3 Å². The molecule has 21 heavy (non-hydrogen) atoms. The molecule has 110 valence electrons. The summed E-state index contributed by atoms with van der Waals surface area (Å²) < 4.78 is 5.35. The molecule has 0 aliphatic carbocycles. The van der Waals surface area contributed by atoms with Crippen LogP contribution in [0.3, 0.4) is 0 Å². The first-order valence-electron chi connectivity index (χ1n) is 6.81. The molecule has 3 heterocycles. The molecule has 0 radical (unpaired) electrons. The van der Waals surface area contributed by atoms with Crippen molar-refractivity contribution in [2.45, 2.75) is 6.54 Å². The van der Waals surface area contributed by atoms with Crippen LogP contribution < -0.4 is 10.2 Å². The lowest BCUT2D eigenvalue weighted by Crippen LogP contribution is -2.36. The van der Waals surface area contributed by atoms with Crippen LogP contribution in [0.25, 0.3) is 0 Å². The molecule has 0 unspecified atom stereocenters. The molecule has 0 spiro atoms. The van der Waals surface area contributed by atoms with Gasteiger partial charge in [-0.05, 0) is 23.2 Å². The molecule has 1 fully saturated rings. The third kappa shape index (κ3) is 3.80. The van der Waals surface area contributed by atoms with Gasteiger partial charge >= 0.3 is 0 Å². The highest BCUT2D eigenvalue weighted by molar-refractivity contribution is 6.28. The van der Waals surface area contributed by atoms with E-state index in [0.29, 0.717) is 25.6 Å². The molecule has 0 atom stereocenters. The highest BCUT2D eigenvalue weighted by Crippen LogP contribution is 2.19. The second kappa shape index (κ2) is 6.69. The number of anilines is 2. The average Bonchev–Trinajstić information content (AvgIpc) is 2.54. The molecule has 3 rings (SSSR count). The summed E-state index contributed by atoms with van der Waals surface area (Å²) in [7, 11) is 0. The summed E-state index contributed by atoms with van der Waals surface area (Å²) in [6.07, 6.45) is 3.57. The van der Waals surface area contributed by atoms with E-state index < -0.39 is 0 Å². The second-order valence-electron chi connectivity index (χ2n) is 4.69. The minimum Gasteiger partial charge on any atom is -0.378 e. The Balaban J connectivity index is 1.71. The predicted molar refractivity (Wildman–Crippen MR) is 81.6 cm³/mol. The highest BCUT2D eigenvalue weighted by Gasteiger charge is 2.14. The summed E-state index contributed by atoms with van der Waals surface area (Å²) in [6, 6.07) is 5.82. The lowest BCUT2D eigenvalue weighted by molar-refractivity contribution is 0.122. The molecule has 1 saturated heterocycles. The van der Waals surface area contributed by atoms with Crippen LogP contribution in [0, 0.1) is 0 Å². The monoisotopic (exact) mass is 305 g/mol. The van der Waals surface area contributed by atoms with E-state index in [0.717, 1.165) is 24.5 Å². The number of morpholine rings is 1. The van der Waals surface area contributed by atoms with Crippen molar-refractivity contribution in [2.24, 2.45) is 0 Å². The van der Waals surface area contributed by atoms with Gasteiger partial charge in [0.25, 0.3) is 0 Å². The Labute approximate surface area is 128 Å². The van der Waals surface area contributed by atoms with Crippen LogP contribution in [0.4, 0.5) is 11.6 Å². The van der Waals surface area contributed by atoms with Crippen LogP contribution in [0.1, 0.15) is 5.56 Å². The highest BCUT2D eigenvalue weighted by atomic mass is 35.5. The fraction of sp³-hybridized carbons (Fsp3) is 0.357. The molecule has 0 saturated carbocycles. The van der Waals surface area contributed by atoms with Gasteiger partial charge in [0.15, 0.2) is 0 Å². The number of nitrogens with one attached hydrogen (secondary N) is 1. The number of halogens is 1. The van der Waals surface area contributed by atoms with E-state index in [1.54, 1.807) is 6.20 Å². The first-order chi connectivity index (χ1) is 10.3. The van der Waals surface area contributed by atoms with E-state index in [1.165, 1.54) is 0 Å². The normalized spacial score (nSPS) is 15.0. The Morgan fingerprint density at radius 2 is 2.14 bits per heavy atom. The smallest absolute Gasteiger partial charge is 0.226 e. The van der Waals surface area contributed by atoms with E-state index in [-0.39, 0.29) is 5.28 Å². The standard InChI is InChI=1S/C14H16ClN5O/c15-14-18-12(17-10-11-2-1-3-16-9-11)8-13(19-14)20-4-6-21-7-5-20/h1-3,8-9H,4-7,10H2,(H,17,18,19). The number of hydrogen-bond donors (Lipinski definition) is 1. The molecule has 1 aliphatic rings. The summed E-state index contributed by atoms with van der Waals surface area (Å²) in [5, 5.41) is 3.49. The Bertz CT molecular complexity index is 589. The largest absolute Gasteiger partial charge is 0.378 e. The zero-order valence-electron chi connectivity index (χ0n) is 11.5. The van der Waals surface area contributed by atoms with Crippen molar-refractivity contribution in [3.63, 3.8) is 0 Å². The van der Waals surface area contributed by atoms with Gasteiger partial charge in [0, 0.05) is 38.1 Å². The van der Waals surface area contributed by atoms with Crippen LogP contribution in [0.2, 0.25) is 5.28 Å². The lowest BCUT2D eigenvalue weighted by atomic mass is 10.3. The number of hydrogen-bond acceptors (Lipinski definition) is 6. The maximum atomic E-state index is 6.02. The van der Waals surface area contributed by atoms with E-state index in [2.05, 4.69) is 25.2 Å². The topological polar surface area (TPSA) is 63.2 Å². The van der Waals surface area contributed by atoms with Gasteiger partial charge in [0.05, 0.1) is 13.2 Å². The van der Waals surface area contributed by atoms with Gasteiger partial charge in [-0.1, -0.05) is 6.07 Å². The minimum atomic E-state index is 0.243. The molecule has 1 aliphatic heterocycles. The van der Waals surface area contributed by atoms with E-state index in [9.17, 15) is 0 Å². The van der Waals surface area contributed by atoms with Gasteiger partial charge in [-0.15, -0.1) is 0 Å². The fourth-order valence-electron chi connectivity index (χ4n) is 2.15. The SMILES string of the molecule is Clc1nc(NCc2cccnc2)cc(N2CCOCC2)n1. The molecule has 1 N–H and O–H groups in total. The quantitative estimate of drug-likeness (QED) is 0.871. The Hall–Kier alpha value is -1.92. The van der Waals surface area contributed by atoms with Crippen LogP contribution in [0.15, 0.2) is 30.6 Å². The van der Waals surface area contributed by atoms with Gasteiger partial charge in [-0.3, -0.25) is 4.98 Å². The molecule has 0 aromatic carbocycles. The summed E-state index contributed by atoms with van der Waals surface area (Å²) >= 11 is 6.02. The van der Waals surface area contributed by atoms with Crippen molar-refractivity contribution < 1.29 is 4.74 Å². The molecule has 7 heteroatoms. The zero-order valence-corrected chi connectivity index (χ0v) is 12.3. The van der Waals surface area contributed by atoms with Crippen molar-refractivity contribution in [1.82, 2.24) is 15.0 Å². The molecular weight excluding hydrogens is 290 g/mol.